The van der Waals surface area contributed by atoms with Gasteiger partial charge in [-0.1, -0.05) is 36.0 Å². The predicted octanol–water partition coefficient (Wildman–Crippen LogP) is 4.58. The van der Waals surface area contributed by atoms with Crippen molar-refractivity contribution >= 4 is 52.8 Å². The molecule has 1 saturated carbocycles. The Morgan fingerprint density at radius 1 is 1.04 bits per heavy atom. The maximum Gasteiger partial charge on any atom is 0.335 e. The lowest BCUT2D eigenvalue weighted by molar-refractivity contribution is -0.122. The zero-order valence-electron chi connectivity index (χ0n) is 14.8. The molecule has 2 fully saturated rings. The number of benzene rings is 1. The van der Waals surface area contributed by atoms with E-state index in [0.29, 0.717) is 11.1 Å². The van der Waals surface area contributed by atoms with Crippen LogP contribution in [0, 0.1) is 0 Å². The van der Waals surface area contributed by atoms with Crippen molar-refractivity contribution in [3.8, 4) is 0 Å². The van der Waals surface area contributed by atoms with Gasteiger partial charge >= 0.3 is 6.03 Å². The number of barbiturate groups is 1. The number of amides is 4. The van der Waals surface area contributed by atoms with Gasteiger partial charge in [0.15, 0.2) is 0 Å². The first kappa shape index (κ1) is 18.8. The van der Waals surface area contributed by atoms with Crippen molar-refractivity contribution in [2.75, 3.05) is 4.90 Å². The van der Waals surface area contributed by atoms with Gasteiger partial charge in [-0.2, -0.15) is 0 Å². The van der Waals surface area contributed by atoms with Gasteiger partial charge in [0.2, 0.25) is 0 Å². The fourth-order valence-corrected chi connectivity index (χ4v) is 3.92. The molecule has 4 rings (SSSR count). The molecule has 1 aliphatic heterocycles. The third kappa shape index (κ3) is 3.45. The van der Waals surface area contributed by atoms with E-state index in [4.69, 9.17) is 23.2 Å². The first-order valence-corrected chi connectivity index (χ1v) is 9.73. The molecule has 0 radical (unpaired) electrons. The minimum atomic E-state index is -0.825. The number of urea groups is 1. The second-order valence-electron chi connectivity index (χ2n) is 6.89. The number of halogens is 2. The number of nitrogens with zero attached hydrogens (tertiary/aromatic N) is 2. The van der Waals surface area contributed by atoms with Crippen LogP contribution in [0.2, 0.25) is 10.0 Å². The highest BCUT2D eigenvalue weighted by molar-refractivity contribution is 6.43. The molecule has 2 aromatic rings. The molecule has 0 spiro atoms. The molecule has 2 heterocycles. The number of hydrogen-bond donors (Lipinski definition) is 1. The summed E-state index contributed by atoms with van der Waals surface area (Å²) in [6.07, 6.45) is 10.0. The Morgan fingerprint density at radius 3 is 2.50 bits per heavy atom. The third-order valence-electron chi connectivity index (χ3n) is 5.06. The van der Waals surface area contributed by atoms with Crippen molar-refractivity contribution < 1.29 is 14.4 Å². The van der Waals surface area contributed by atoms with Gasteiger partial charge in [0.25, 0.3) is 11.8 Å². The van der Waals surface area contributed by atoms with Crippen LogP contribution in [-0.4, -0.2) is 22.4 Å². The minimum Gasteiger partial charge on any atom is -0.351 e. The van der Waals surface area contributed by atoms with Crippen LogP contribution < -0.4 is 10.2 Å². The maximum atomic E-state index is 12.9. The minimum absolute atomic E-state index is 0.116. The first-order valence-electron chi connectivity index (χ1n) is 8.98. The zero-order chi connectivity index (χ0) is 19.8. The van der Waals surface area contributed by atoms with Crippen molar-refractivity contribution in [2.45, 2.75) is 31.7 Å². The second-order valence-corrected chi connectivity index (χ2v) is 7.70. The molecule has 1 aromatic carbocycles. The van der Waals surface area contributed by atoms with Gasteiger partial charge in [0.1, 0.15) is 5.57 Å². The van der Waals surface area contributed by atoms with Crippen LogP contribution in [0.4, 0.5) is 10.5 Å². The Morgan fingerprint density at radius 2 is 1.79 bits per heavy atom. The topological polar surface area (TPSA) is 71.4 Å². The van der Waals surface area contributed by atoms with E-state index >= 15 is 0 Å². The van der Waals surface area contributed by atoms with E-state index in [1.54, 1.807) is 0 Å². The number of nitrogens with one attached hydrogen (secondary N) is 1. The van der Waals surface area contributed by atoms with E-state index < -0.39 is 17.8 Å². The van der Waals surface area contributed by atoms with Gasteiger partial charge < -0.3 is 4.57 Å². The van der Waals surface area contributed by atoms with E-state index in [0.717, 1.165) is 23.3 Å². The predicted molar refractivity (Wildman–Crippen MR) is 107 cm³/mol. The molecule has 1 aliphatic carbocycles. The van der Waals surface area contributed by atoms with Crippen LogP contribution in [0.5, 0.6) is 0 Å². The highest BCUT2D eigenvalue weighted by Crippen LogP contribution is 2.31. The number of anilines is 1. The molecule has 1 saturated heterocycles. The number of rotatable bonds is 3. The molecular formula is C20H17Cl2N3O3. The molecule has 0 atom stereocenters. The third-order valence-corrected chi connectivity index (χ3v) is 5.80. The maximum absolute atomic E-state index is 12.9. The average Bonchev–Trinajstić information content (AvgIpc) is 3.33. The van der Waals surface area contributed by atoms with Crippen LogP contribution in [0.15, 0.2) is 42.2 Å². The molecule has 2 aliphatic rings. The summed E-state index contributed by atoms with van der Waals surface area (Å²) < 4.78 is 2.12. The number of aromatic nitrogens is 1. The molecule has 0 unspecified atom stereocenters. The van der Waals surface area contributed by atoms with Crippen LogP contribution >= 0.6 is 23.2 Å². The molecule has 4 amide bonds. The summed E-state index contributed by atoms with van der Waals surface area (Å²) in [5.74, 6) is -1.43. The summed E-state index contributed by atoms with van der Waals surface area (Å²) in [4.78, 5) is 38.3. The Balaban J connectivity index is 1.65. The number of carbonyl (C=O) groups excluding carboxylic acids is 3. The summed E-state index contributed by atoms with van der Waals surface area (Å²) in [6.45, 7) is 0. The fraction of sp³-hybridized carbons (Fsp3) is 0.250. The lowest BCUT2D eigenvalue weighted by Gasteiger charge is -2.26. The number of imide groups is 2. The molecule has 28 heavy (non-hydrogen) atoms. The summed E-state index contributed by atoms with van der Waals surface area (Å²) >= 11 is 11.9. The zero-order valence-corrected chi connectivity index (χ0v) is 16.3. The van der Waals surface area contributed by atoms with E-state index in [1.165, 1.54) is 37.1 Å². The van der Waals surface area contributed by atoms with Gasteiger partial charge in [0, 0.05) is 18.4 Å². The monoisotopic (exact) mass is 417 g/mol. The summed E-state index contributed by atoms with van der Waals surface area (Å²) in [5, 5.41) is 2.71. The molecule has 0 bridgehead atoms. The summed E-state index contributed by atoms with van der Waals surface area (Å²) in [6, 6.07) is 5.88. The fourth-order valence-electron chi connectivity index (χ4n) is 3.63. The van der Waals surface area contributed by atoms with Gasteiger partial charge in [-0.3, -0.25) is 14.9 Å². The van der Waals surface area contributed by atoms with Crippen LogP contribution in [0.3, 0.4) is 0 Å². The van der Waals surface area contributed by atoms with Crippen molar-refractivity contribution in [3.05, 3.63) is 57.8 Å². The van der Waals surface area contributed by atoms with Crippen molar-refractivity contribution in [2.24, 2.45) is 0 Å². The largest absolute Gasteiger partial charge is 0.351 e. The molecule has 6 nitrogen and oxygen atoms in total. The second kappa shape index (κ2) is 7.45. The number of hydrogen-bond acceptors (Lipinski definition) is 3. The Hall–Kier alpha value is -2.57. The summed E-state index contributed by atoms with van der Waals surface area (Å²) in [5.41, 5.74) is 0.850. The van der Waals surface area contributed by atoms with Crippen molar-refractivity contribution in [1.29, 1.82) is 0 Å². The number of carbonyl (C=O) groups is 3. The van der Waals surface area contributed by atoms with E-state index in [-0.39, 0.29) is 16.3 Å². The van der Waals surface area contributed by atoms with Gasteiger partial charge in [-0.15, -0.1) is 0 Å². The van der Waals surface area contributed by atoms with Gasteiger partial charge in [-0.05, 0) is 48.7 Å². The first-order chi connectivity index (χ1) is 13.4. The highest BCUT2D eigenvalue weighted by Gasteiger charge is 2.37. The standard InChI is InChI=1S/C20H17Cl2N3O3/c21-16-6-5-14(10-17(16)22)25-19(27)15(18(26)23-20(25)28)9-12-7-8-24(11-12)13-3-1-2-4-13/h5-11,13H,1-4H2,(H,23,26,28)/b15-9-. The Bertz CT molecular complexity index is 1010. The lowest BCUT2D eigenvalue weighted by Crippen LogP contribution is -2.54. The van der Waals surface area contributed by atoms with Crippen LogP contribution in [0.25, 0.3) is 6.08 Å². The average molecular weight is 418 g/mol. The van der Waals surface area contributed by atoms with E-state index in [9.17, 15) is 14.4 Å². The molecule has 1 N–H and O–H groups in total. The normalized spacial score (nSPS) is 19.6. The van der Waals surface area contributed by atoms with Crippen molar-refractivity contribution in [3.63, 3.8) is 0 Å². The molecule has 1 aromatic heterocycles. The van der Waals surface area contributed by atoms with Gasteiger partial charge in [-0.25, -0.2) is 9.69 Å². The molecule has 8 heteroatoms. The summed E-state index contributed by atoms with van der Waals surface area (Å²) in [7, 11) is 0. The van der Waals surface area contributed by atoms with Crippen molar-refractivity contribution in [1.82, 2.24) is 9.88 Å². The highest BCUT2D eigenvalue weighted by atomic mass is 35.5. The van der Waals surface area contributed by atoms with Crippen LogP contribution in [-0.2, 0) is 9.59 Å². The van der Waals surface area contributed by atoms with Crippen LogP contribution in [0.1, 0.15) is 37.3 Å². The smallest absolute Gasteiger partial charge is 0.335 e. The molecule has 144 valence electrons. The van der Waals surface area contributed by atoms with Gasteiger partial charge in [0.05, 0.1) is 15.7 Å². The quantitative estimate of drug-likeness (QED) is 0.586. The SMILES string of the molecule is O=C1NC(=O)N(c2ccc(Cl)c(Cl)c2)C(=O)/C1=C\c1ccn(C2CCCC2)c1. The lowest BCUT2D eigenvalue weighted by atomic mass is 10.1. The Kier molecular flexibility index (Phi) is 5.00. The Labute approximate surface area is 171 Å². The molecular weight excluding hydrogens is 401 g/mol. The van der Waals surface area contributed by atoms with E-state index in [2.05, 4.69) is 9.88 Å². The van der Waals surface area contributed by atoms with E-state index in [1.807, 2.05) is 18.5 Å².